The lowest BCUT2D eigenvalue weighted by molar-refractivity contribution is 0.0932. The lowest BCUT2D eigenvalue weighted by Gasteiger charge is -2.10. The first-order chi connectivity index (χ1) is 10.1. The maximum absolute atomic E-state index is 12.2. The van der Waals surface area contributed by atoms with Gasteiger partial charge in [-0.05, 0) is 31.2 Å². The van der Waals surface area contributed by atoms with Gasteiger partial charge in [-0.1, -0.05) is 18.2 Å². The fourth-order valence-electron chi connectivity index (χ4n) is 2.10. The lowest BCUT2D eigenvalue weighted by Crippen LogP contribution is -2.30. The van der Waals surface area contributed by atoms with Gasteiger partial charge in [0.05, 0.1) is 12.3 Å². The molecule has 1 aromatic carbocycles. The van der Waals surface area contributed by atoms with Crippen molar-refractivity contribution < 1.29 is 13.6 Å². The molecule has 0 saturated carbocycles. The monoisotopic (exact) mass is 283 g/mol. The van der Waals surface area contributed by atoms with E-state index >= 15 is 0 Å². The first-order valence-corrected chi connectivity index (χ1v) is 6.52. The number of rotatable bonds is 3. The first kappa shape index (κ1) is 13.2. The zero-order valence-electron chi connectivity index (χ0n) is 11.3. The predicted octanol–water partition coefficient (Wildman–Crippen LogP) is 2.88. The molecular weight excluding hydrogens is 270 g/mol. The third-order valence-corrected chi connectivity index (χ3v) is 3.20. The van der Waals surface area contributed by atoms with Crippen LogP contribution in [0.1, 0.15) is 29.1 Å². The van der Waals surface area contributed by atoms with E-state index in [1.807, 2.05) is 6.07 Å². The topological polar surface area (TPSA) is 72.5 Å². The van der Waals surface area contributed by atoms with Crippen LogP contribution in [0.4, 0.5) is 0 Å². The molecule has 1 amide bonds. The minimum Gasteiger partial charge on any atom is -0.467 e. The van der Waals surface area contributed by atoms with E-state index in [2.05, 4.69) is 5.32 Å². The third kappa shape index (κ3) is 2.58. The predicted molar refractivity (Wildman–Crippen MR) is 77.1 cm³/mol. The first-order valence-electron chi connectivity index (χ1n) is 6.52. The quantitative estimate of drug-likeness (QED) is 0.750. The minimum atomic E-state index is -0.655. The van der Waals surface area contributed by atoms with Gasteiger partial charge in [-0.15, -0.1) is 0 Å². The average molecular weight is 283 g/mol. The molecule has 0 aliphatic rings. The van der Waals surface area contributed by atoms with Gasteiger partial charge in [0.1, 0.15) is 16.9 Å². The number of hydrogen-bond donors (Lipinski definition) is 1. The normalized spacial score (nSPS) is 12.2. The van der Waals surface area contributed by atoms with Crippen molar-refractivity contribution in [3.05, 3.63) is 70.5 Å². The van der Waals surface area contributed by atoms with Crippen LogP contribution in [0.25, 0.3) is 11.0 Å². The van der Waals surface area contributed by atoms with Gasteiger partial charge >= 0.3 is 5.63 Å². The number of nitrogens with one attached hydrogen (secondary N) is 1. The number of hydrogen-bond acceptors (Lipinski definition) is 4. The zero-order chi connectivity index (χ0) is 14.8. The molecule has 2 heterocycles. The fourth-order valence-corrected chi connectivity index (χ4v) is 2.10. The van der Waals surface area contributed by atoms with E-state index in [-0.39, 0.29) is 11.6 Å². The van der Waals surface area contributed by atoms with Gasteiger partial charge in [0, 0.05) is 5.39 Å². The Morgan fingerprint density at radius 1 is 1.19 bits per heavy atom. The molecule has 2 aromatic heterocycles. The third-order valence-electron chi connectivity index (χ3n) is 3.20. The number of amides is 1. The number of para-hydroxylation sites is 1. The highest BCUT2D eigenvalue weighted by Crippen LogP contribution is 2.15. The molecule has 0 spiro atoms. The van der Waals surface area contributed by atoms with Crippen molar-refractivity contribution in [1.82, 2.24) is 5.32 Å². The van der Waals surface area contributed by atoms with Crippen molar-refractivity contribution in [2.75, 3.05) is 0 Å². The Balaban J connectivity index is 1.91. The Kier molecular flexibility index (Phi) is 3.31. The van der Waals surface area contributed by atoms with Crippen LogP contribution >= 0.6 is 0 Å². The molecule has 0 radical (unpaired) electrons. The number of benzene rings is 1. The smallest absolute Gasteiger partial charge is 0.349 e. The second kappa shape index (κ2) is 5.28. The summed E-state index contributed by atoms with van der Waals surface area (Å²) >= 11 is 0. The van der Waals surface area contributed by atoms with Crippen LogP contribution in [-0.4, -0.2) is 5.91 Å². The van der Waals surface area contributed by atoms with Gasteiger partial charge in [-0.3, -0.25) is 4.79 Å². The largest absolute Gasteiger partial charge is 0.467 e. The molecule has 0 fully saturated rings. The van der Waals surface area contributed by atoms with E-state index in [0.29, 0.717) is 16.7 Å². The molecule has 5 nitrogen and oxygen atoms in total. The number of fused-ring (bicyclic) bond motifs is 1. The minimum absolute atomic E-state index is 0.0212. The molecule has 5 heteroatoms. The van der Waals surface area contributed by atoms with Crippen LogP contribution < -0.4 is 10.9 Å². The summed E-state index contributed by atoms with van der Waals surface area (Å²) in [6.45, 7) is 1.78. The molecule has 1 N–H and O–H groups in total. The van der Waals surface area contributed by atoms with Crippen molar-refractivity contribution in [3.8, 4) is 0 Å². The number of carbonyl (C=O) groups is 1. The van der Waals surface area contributed by atoms with Crippen LogP contribution in [0.15, 0.2) is 62.4 Å². The average Bonchev–Trinajstić information content (AvgIpc) is 3.00. The van der Waals surface area contributed by atoms with E-state index in [9.17, 15) is 9.59 Å². The van der Waals surface area contributed by atoms with Crippen LogP contribution in [0.3, 0.4) is 0 Å². The van der Waals surface area contributed by atoms with Gasteiger partial charge < -0.3 is 14.2 Å². The summed E-state index contributed by atoms with van der Waals surface area (Å²) in [7, 11) is 0. The number of furan rings is 1. The van der Waals surface area contributed by atoms with Gasteiger partial charge in [0.25, 0.3) is 5.91 Å². The zero-order valence-corrected chi connectivity index (χ0v) is 11.3. The Morgan fingerprint density at radius 3 is 2.76 bits per heavy atom. The van der Waals surface area contributed by atoms with Crippen LogP contribution in [0, 0.1) is 0 Å². The van der Waals surface area contributed by atoms with Crippen molar-refractivity contribution >= 4 is 16.9 Å². The van der Waals surface area contributed by atoms with E-state index in [1.54, 1.807) is 37.3 Å². The van der Waals surface area contributed by atoms with Gasteiger partial charge in [-0.25, -0.2) is 4.79 Å². The molecule has 21 heavy (non-hydrogen) atoms. The van der Waals surface area contributed by atoms with E-state index in [4.69, 9.17) is 8.83 Å². The molecule has 0 aliphatic carbocycles. The summed E-state index contributed by atoms with van der Waals surface area (Å²) in [5, 5.41) is 3.41. The van der Waals surface area contributed by atoms with Crippen LogP contribution in [0.2, 0.25) is 0 Å². The summed E-state index contributed by atoms with van der Waals surface area (Å²) < 4.78 is 10.4. The Hall–Kier alpha value is -2.82. The maximum atomic E-state index is 12.2. The summed E-state index contributed by atoms with van der Waals surface area (Å²) in [6, 6.07) is 11.7. The fraction of sp³-hybridized carbons (Fsp3) is 0.125. The standard InChI is InChI=1S/C16H13NO4/c1-10(13-7-4-8-20-13)17-15(18)12-9-11-5-2-3-6-14(11)21-16(12)19/h2-10H,1H3,(H,17,18). The second-order valence-corrected chi connectivity index (χ2v) is 4.70. The SMILES string of the molecule is CC(NC(=O)c1cc2ccccc2oc1=O)c1ccco1. The number of carbonyl (C=O) groups excluding carboxylic acids is 1. The highest BCUT2D eigenvalue weighted by molar-refractivity contribution is 5.96. The van der Waals surface area contributed by atoms with Crippen molar-refractivity contribution in [2.24, 2.45) is 0 Å². The highest BCUT2D eigenvalue weighted by atomic mass is 16.4. The van der Waals surface area contributed by atoms with E-state index < -0.39 is 11.5 Å². The van der Waals surface area contributed by atoms with E-state index in [0.717, 1.165) is 0 Å². The van der Waals surface area contributed by atoms with Crippen LogP contribution in [-0.2, 0) is 0 Å². The van der Waals surface area contributed by atoms with Gasteiger partial charge in [0.15, 0.2) is 0 Å². The Morgan fingerprint density at radius 2 is 2.00 bits per heavy atom. The van der Waals surface area contributed by atoms with Gasteiger partial charge in [0.2, 0.25) is 0 Å². The van der Waals surface area contributed by atoms with E-state index in [1.165, 1.54) is 12.3 Å². The molecule has 0 aliphatic heterocycles. The summed E-state index contributed by atoms with van der Waals surface area (Å²) in [4.78, 5) is 24.1. The second-order valence-electron chi connectivity index (χ2n) is 4.70. The van der Waals surface area contributed by atoms with Gasteiger partial charge in [-0.2, -0.15) is 0 Å². The molecule has 3 rings (SSSR count). The lowest BCUT2D eigenvalue weighted by atomic mass is 10.1. The van der Waals surface area contributed by atoms with Crippen molar-refractivity contribution in [1.29, 1.82) is 0 Å². The molecule has 106 valence electrons. The maximum Gasteiger partial charge on any atom is 0.349 e. The summed E-state index contributed by atoms with van der Waals surface area (Å²) in [5.74, 6) is 0.131. The Bertz CT molecular complexity index is 833. The molecule has 0 saturated heterocycles. The Labute approximate surface area is 120 Å². The molecular formula is C16H13NO4. The molecule has 1 atom stereocenters. The highest BCUT2D eigenvalue weighted by Gasteiger charge is 2.17. The molecule has 1 unspecified atom stereocenters. The molecule has 3 aromatic rings. The summed E-state index contributed by atoms with van der Waals surface area (Å²) in [6.07, 6.45) is 1.53. The molecule has 0 bridgehead atoms. The van der Waals surface area contributed by atoms with Crippen LogP contribution in [0.5, 0.6) is 0 Å². The van der Waals surface area contributed by atoms with Crippen molar-refractivity contribution in [2.45, 2.75) is 13.0 Å². The van der Waals surface area contributed by atoms with Crippen molar-refractivity contribution in [3.63, 3.8) is 0 Å². The summed E-state index contributed by atoms with van der Waals surface area (Å²) in [5.41, 5.74) is -0.219.